The molecule has 0 radical (unpaired) electrons. The average Bonchev–Trinajstić information content (AvgIpc) is 3.11. The number of carbonyl (C=O) groups excluding carboxylic acids is 1. The van der Waals surface area contributed by atoms with Crippen molar-refractivity contribution in [2.75, 3.05) is 20.8 Å². The molecule has 0 aliphatic heterocycles. The Kier molecular flexibility index (Phi) is 6.28. The van der Waals surface area contributed by atoms with Crippen LogP contribution in [0.2, 0.25) is 5.02 Å². The lowest BCUT2D eigenvalue weighted by Crippen LogP contribution is -2.34. The number of aromatic nitrogens is 3. The van der Waals surface area contributed by atoms with Crippen molar-refractivity contribution < 1.29 is 14.3 Å². The Morgan fingerprint density at radius 3 is 2.54 bits per heavy atom. The van der Waals surface area contributed by atoms with E-state index in [1.807, 2.05) is 38.1 Å². The smallest absolute Gasteiger partial charge is 0.256 e. The van der Waals surface area contributed by atoms with Gasteiger partial charge in [-0.15, -0.1) is 0 Å². The second-order valence-corrected chi connectivity index (χ2v) is 6.91. The number of benzene rings is 1. The van der Waals surface area contributed by atoms with E-state index in [0.29, 0.717) is 22.7 Å². The van der Waals surface area contributed by atoms with Gasteiger partial charge in [-0.25, -0.2) is 9.50 Å². The highest BCUT2D eigenvalue weighted by atomic mass is 35.5. The first-order valence-electron chi connectivity index (χ1n) is 8.86. The zero-order chi connectivity index (χ0) is 20.3. The van der Waals surface area contributed by atoms with Crippen LogP contribution < -0.4 is 5.32 Å². The van der Waals surface area contributed by atoms with Crippen molar-refractivity contribution in [3.05, 3.63) is 63.6 Å². The maximum absolute atomic E-state index is 12.6. The number of ether oxygens (including phenoxy) is 2. The van der Waals surface area contributed by atoms with Crippen LogP contribution in [-0.2, 0) is 15.9 Å². The maximum atomic E-state index is 12.6. The molecule has 0 fully saturated rings. The molecule has 148 valence electrons. The molecule has 3 aromatic rings. The van der Waals surface area contributed by atoms with Gasteiger partial charge in [-0.2, -0.15) is 5.10 Å². The first kappa shape index (κ1) is 20.3. The van der Waals surface area contributed by atoms with Crippen molar-refractivity contribution >= 4 is 23.2 Å². The van der Waals surface area contributed by atoms with Crippen molar-refractivity contribution in [3.8, 4) is 0 Å². The van der Waals surface area contributed by atoms with E-state index in [-0.39, 0.29) is 12.5 Å². The number of nitrogens with zero attached hydrogens (tertiary/aromatic N) is 3. The Morgan fingerprint density at radius 2 is 1.89 bits per heavy atom. The Morgan fingerprint density at radius 1 is 1.21 bits per heavy atom. The maximum Gasteiger partial charge on any atom is 0.256 e. The second-order valence-electron chi connectivity index (χ2n) is 6.47. The SMILES string of the molecule is COC(CNC(=O)c1cnn2c(C)c(Cc3ccc(Cl)cc3)c(C)nc12)OC. The number of halogens is 1. The normalized spacial score (nSPS) is 11.4. The van der Waals surface area contributed by atoms with Gasteiger partial charge in [0.15, 0.2) is 11.9 Å². The highest BCUT2D eigenvalue weighted by Gasteiger charge is 2.19. The van der Waals surface area contributed by atoms with Gasteiger partial charge in [-0.1, -0.05) is 23.7 Å². The predicted molar refractivity (Wildman–Crippen MR) is 107 cm³/mol. The fraction of sp³-hybridized carbons (Fsp3) is 0.350. The largest absolute Gasteiger partial charge is 0.354 e. The number of aryl methyl sites for hydroxylation is 2. The minimum Gasteiger partial charge on any atom is -0.354 e. The van der Waals surface area contributed by atoms with E-state index >= 15 is 0 Å². The van der Waals surface area contributed by atoms with Crippen molar-refractivity contribution in [2.24, 2.45) is 0 Å². The molecule has 2 heterocycles. The van der Waals surface area contributed by atoms with Crippen LogP contribution in [0, 0.1) is 13.8 Å². The van der Waals surface area contributed by atoms with Crippen LogP contribution in [0.3, 0.4) is 0 Å². The number of amides is 1. The van der Waals surface area contributed by atoms with Crippen LogP contribution in [0.25, 0.3) is 5.65 Å². The number of nitrogens with one attached hydrogen (secondary N) is 1. The molecule has 1 N–H and O–H groups in total. The zero-order valence-corrected chi connectivity index (χ0v) is 17.1. The van der Waals surface area contributed by atoms with Gasteiger partial charge in [0.1, 0.15) is 5.56 Å². The van der Waals surface area contributed by atoms with Crippen molar-refractivity contribution in [1.29, 1.82) is 0 Å². The number of hydrogen-bond acceptors (Lipinski definition) is 5. The molecule has 8 heteroatoms. The molecule has 0 aliphatic carbocycles. The summed E-state index contributed by atoms with van der Waals surface area (Å²) in [4.78, 5) is 17.2. The second kappa shape index (κ2) is 8.68. The number of hydrogen-bond donors (Lipinski definition) is 1. The van der Waals surface area contributed by atoms with Crippen molar-refractivity contribution in [2.45, 2.75) is 26.6 Å². The van der Waals surface area contributed by atoms with Gasteiger partial charge in [0.2, 0.25) is 0 Å². The van der Waals surface area contributed by atoms with E-state index in [4.69, 9.17) is 21.1 Å². The lowest BCUT2D eigenvalue weighted by molar-refractivity contribution is -0.0974. The molecule has 0 aliphatic rings. The molecular formula is C20H23ClN4O3. The van der Waals surface area contributed by atoms with Crippen LogP contribution in [0.15, 0.2) is 30.5 Å². The van der Waals surface area contributed by atoms with Crippen molar-refractivity contribution in [1.82, 2.24) is 19.9 Å². The first-order chi connectivity index (χ1) is 13.4. The van der Waals surface area contributed by atoms with Gasteiger partial charge >= 0.3 is 0 Å². The van der Waals surface area contributed by atoms with E-state index < -0.39 is 6.29 Å². The van der Waals surface area contributed by atoms with E-state index in [1.165, 1.54) is 20.4 Å². The minimum atomic E-state index is -0.506. The highest BCUT2D eigenvalue weighted by molar-refractivity contribution is 6.30. The summed E-state index contributed by atoms with van der Waals surface area (Å²) in [6.45, 7) is 4.15. The summed E-state index contributed by atoms with van der Waals surface area (Å²) in [5.74, 6) is -0.272. The molecule has 1 aromatic carbocycles. The van der Waals surface area contributed by atoms with Gasteiger partial charge in [0.25, 0.3) is 5.91 Å². The molecule has 3 rings (SSSR count). The Labute approximate surface area is 168 Å². The van der Waals surface area contributed by atoms with Gasteiger partial charge in [-0.3, -0.25) is 4.79 Å². The quantitative estimate of drug-likeness (QED) is 0.615. The fourth-order valence-electron chi connectivity index (χ4n) is 3.07. The van der Waals surface area contributed by atoms with Crippen LogP contribution >= 0.6 is 11.6 Å². The lowest BCUT2D eigenvalue weighted by atomic mass is 10.0. The lowest BCUT2D eigenvalue weighted by Gasteiger charge is -2.14. The van der Waals surface area contributed by atoms with Gasteiger partial charge < -0.3 is 14.8 Å². The molecule has 28 heavy (non-hydrogen) atoms. The molecular weight excluding hydrogens is 380 g/mol. The Bertz CT molecular complexity index is 981. The van der Waals surface area contributed by atoms with Crippen LogP contribution in [0.4, 0.5) is 0 Å². The average molecular weight is 403 g/mol. The monoisotopic (exact) mass is 402 g/mol. The molecule has 0 atom stereocenters. The summed E-state index contributed by atoms with van der Waals surface area (Å²) in [6, 6.07) is 7.74. The Hall–Kier alpha value is -2.48. The summed E-state index contributed by atoms with van der Waals surface area (Å²) >= 11 is 5.97. The molecule has 0 saturated heterocycles. The number of fused-ring (bicyclic) bond motifs is 1. The number of carbonyl (C=O) groups is 1. The first-order valence-corrected chi connectivity index (χ1v) is 9.24. The van der Waals surface area contributed by atoms with E-state index in [0.717, 1.165) is 22.5 Å². The molecule has 0 spiro atoms. The highest BCUT2D eigenvalue weighted by Crippen LogP contribution is 2.21. The molecule has 0 unspecified atom stereocenters. The Balaban J connectivity index is 1.89. The van der Waals surface area contributed by atoms with Crippen LogP contribution in [-0.4, -0.2) is 47.6 Å². The predicted octanol–water partition coefficient (Wildman–Crippen LogP) is 2.94. The standard InChI is InChI=1S/C20H23ClN4O3/c1-12-16(9-14-5-7-15(21)8-6-14)13(2)25-19(24-12)17(10-23-25)20(26)22-11-18(27-3)28-4/h5-8,10,18H,9,11H2,1-4H3,(H,22,26). The van der Waals surface area contributed by atoms with E-state index in [1.54, 1.807) is 4.52 Å². The van der Waals surface area contributed by atoms with Crippen molar-refractivity contribution in [3.63, 3.8) is 0 Å². The molecule has 2 aromatic heterocycles. The topological polar surface area (TPSA) is 77.8 Å². The van der Waals surface area contributed by atoms with Crippen LogP contribution in [0.5, 0.6) is 0 Å². The number of rotatable bonds is 7. The summed E-state index contributed by atoms with van der Waals surface area (Å²) in [5, 5.41) is 7.86. The zero-order valence-electron chi connectivity index (χ0n) is 16.3. The van der Waals surface area contributed by atoms with Crippen LogP contribution in [0.1, 0.15) is 32.9 Å². The molecule has 0 saturated carbocycles. The molecule has 7 nitrogen and oxygen atoms in total. The third-order valence-corrected chi connectivity index (χ3v) is 4.95. The van der Waals surface area contributed by atoms with Gasteiger partial charge in [0, 0.05) is 37.1 Å². The third-order valence-electron chi connectivity index (χ3n) is 4.70. The minimum absolute atomic E-state index is 0.232. The summed E-state index contributed by atoms with van der Waals surface area (Å²) in [5.41, 5.74) is 4.95. The number of methoxy groups -OCH3 is 2. The van der Waals surface area contributed by atoms with E-state index in [2.05, 4.69) is 15.4 Å². The molecule has 1 amide bonds. The fourth-order valence-corrected chi connectivity index (χ4v) is 3.19. The summed E-state index contributed by atoms with van der Waals surface area (Å²) in [7, 11) is 3.04. The summed E-state index contributed by atoms with van der Waals surface area (Å²) < 4.78 is 11.9. The third kappa shape index (κ3) is 4.16. The van der Waals surface area contributed by atoms with Gasteiger partial charge in [-0.05, 0) is 37.1 Å². The summed E-state index contributed by atoms with van der Waals surface area (Å²) in [6.07, 6.45) is 1.74. The molecule has 0 bridgehead atoms. The van der Waals surface area contributed by atoms with E-state index in [9.17, 15) is 4.79 Å². The van der Waals surface area contributed by atoms with Gasteiger partial charge in [0.05, 0.1) is 12.7 Å².